The predicted octanol–water partition coefficient (Wildman–Crippen LogP) is 2.11. The molecule has 0 spiro atoms. The molecule has 0 saturated carbocycles. The first-order valence-corrected chi connectivity index (χ1v) is 6.75. The minimum Gasteiger partial charge on any atom is -0.361 e. The van der Waals surface area contributed by atoms with Gasteiger partial charge in [0.05, 0.1) is 12.4 Å². The highest BCUT2D eigenvalue weighted by Gasteiger charge is 2.24. The van der Waals surface area contributed by atoms with Crippen LogP contribution in [0.5, 0.6) is 0 Å². The van der Waals surface area contributed by atoms with E-state index in [4.69, 9.17) is 11.6 Å². The van der Waals surface area contributed by atoms with Crippen molar-refractivity contribution < 1.29 is 4.79 Å². The molecule has 3 rings (SSSR count). The summed E-state index contributed by atoms with van der Waals surface area (Å²) < 4.78 is 0. The van der Waals surface area contributed by atoms with Crippen LogP contribution >= 0.6 is 11.6 Å². The van der Waals surface area contributed by atoms with Crippen LogP contribution in [0.15, 0.2) is 60.1 Å². The lowest BCUT2D eigenvalue weighted by Gasteiger charge is -2.15. The van der Waals surface area contributed by atoms with Crippen molar-refractivity contribution in [3.8, 4) is 0 Å². The standard InChI is InChI=1S/C15H14ClN3O/c16-12-6-2-1-5-11(12)9-17-15(20)14-13-7-3-4-8-19(13)10-18-14/h1-8,18H,9-10H2,(H,17,20). The van der Waals surface area contributed by atoms with E-state index in [2.05, 4.69) is 10.6 Å². The molecular formula is C15H14ClN3O. The molecule has 1 aromatic carbocycles. The monoisotopic (exact) mass is 287 g/mol. The number of carbonyl (C=O) groups is 1. The van der Waals surface area contributed by atoms with E-state index in [1.54, 1.807) is 0 Å². The Morgan fingerprint density at radius 3 is 3.05 bits per heavy atom. The molecule has 0 radical (unpaired) electrons. The van der Waals surface area contributed by atoms with E-state index in [0.717, 1.165) is 11.3 Å². The number of nitrogens with one attached hydrogen (secondary N) is 2. The van der Waals surface area contributed by atoms with Crippen molar-refractivity contribution in [3.63, 3.8) is 0 Å². The van der Waals surface area contributed by atoms with Gasteiger partial charge in [-0.1, -0.05) is 35.9 Å². The number of halogens is 1. The molecule has 1 aromatic rings. The van der Waals surface area contributed by atoms with Crippen LogP contribution in [0.25, 0.3) is 0 Å². The Hall–Kier alpha value is -2.20. The summed E-state index contributed by atoms with van der Waals surface area (Å²) in [4.78, 5) is 14.2. The summed E-state index contributed by atoms with van der Waals surface area (Å²) in [6.07, 6.45) is 7.72. The maximum Gasteiger partial charge on any atom is 0.269 e. The molecule has 2 aliphatic heterocycles. The SMILES string of the molecule is O=C(NCc1ccccc1Cl)C1=C2C=CC=CN2CN1. The normalized spacial score (nSPS) is 16.1. The van der Waals surface area contributed by atoms with E-state index < -0.39 is 0 Å². The Morgan fingerprint density at radius 2 is 2.20 bits per heavy atom. The van der Waals surface area contributed by atoms with Crippen molar-refractivity contribution in [1.29, 1.82) is 0 Å². The predicted molar refractivity (Wildman–Crippen MR) is 78.4 cm³/mol. The number of allylic oxidation sites excluding steroid dienone is 3. The lowest BCUT2D eigenvalue weighted by Crippen LogP contribution is -2.30. The van der Waals surface area contributed by atoms with E-state index >= 15 is 0 Å². The fourth-order valence-electron chi connectivity index (χ4n) is 2.20. The smallest absolute Gasteiger partial charge is 0.269 e. The molecule has 0 bridgehead atoms. The van der Waals surface area contributed by atoms with Crippen molar-refractivity contribution >= 4 is 17.5 Å². The van der Waals surface area contributed by atoms with Gasteiger partial charge in [0, 0.05) is 17.8 Å². The molecule has 2 heterocycles. The molecule has 0 atom stereocenters. The van der Waals surface area contributed by atoms with Crippen molar-refractivity contribution in [3.05, 3.63) is 70.7 Å². The van der Waals surface area contributed by atoms with E-state index in [1.807, 2.05) is 53.6 Å². The molecule has 4 nitrogen and oxygen atoms in total. The Morgan fingerprint density at radius 1 is 1.35 bits per heavy atom. The quantitative estimate of drug-likeness (QED) is 0.895. The molecule has 102 valence electrons. The van der Waals surface area contributed by atoms with E-state index in [-0.39, 0.29) is 5.91 Å². The third kappa shape index (κ3) is 2.42. The first-order chi connectivity index (χ1) is 9.75. The molecule has 2 aliphatic rings. The van der Waals surface area contributed by atoms with Crippen molar-refractivity contribution in [2.75, 3.05) is 6.67 Å². The van der Waals surface area contributed by atoms with Crippen molar-refractivity contribution in [2.24, 2.45) is 0 Å². The van der Waals surface area contributed by atoms with Gasteiger partial charge in [-0.2, -0.15) is 0 Å². The molecular weight excluding hydrogens is 274 g/mol. The number of benzene rings is 1. The van der Waals surface area contributed by atoms with E-state index in [9.17, 15) is 4.79 Å². The van der Waals surface area contributed by atoms with Crippen LogP contribution in [0.1, 0.15) is 5.56 Å². The average molecular weight is 288 g/mol. The van der Waals surface area contributed by atoms with Crippen LogP contribution in [0, 0.1) is 0 Å². The fraction of sp³-hybridized carbons (Fsp3) is 0.133. The van der Waals surface area contributed by atoms with Gasteiger partial charge < -0.3 is 15.5 Å². The van der Waals surface area contributed by atoms with Crippen LogP contribution in [0.2, 0.25) is 5.02 Å². The Kier molecular flexibility index (Phi) is 3.48. The molecule has 0 fully saturated rings. The second-order valence-corrected chi connectivity index (χ2v) is 4.95. The molecule has 2 N–H and O–H groups in total. The summed E-state index contributed by atoms with van der Waals surface area (Å²) in [5, 5.41) is 6.65. The summed E-state index contributed by atoms with van der Waals surface area (Å²) in [7, 11) is 0. The van der Waals surface area contributed by atoms with Crippen molar-refractivity contribution in [2.45, 2.75) is 6.54 Å². The molecule has 5 heteroatoms. The number of amides is 1. The minimum absolute atomic E-state index is 0.123. The Labute approximate surface area is 122 Å². The van der Waals surface area contributed by atoms with Gasteiger partial charge in [0.25, 0.3) is 5.91 Å². The van der Waals surface area contributed by atoms with Gasteiger partial charge in [-0.3, -0.25) is 4.79 Å². The second kappa shape index (κ2) is 5.43. The van der Waals surface area contributed by atoms with Gasteiger partial charge in [-0.25, -0.2) is 0 Å². The first-order valence-electron chi connectivity index (χ1n) is 6.37. The zero-order chi connectivity index (χ0) is 13.9. The maximum atomic E-state index is 12.2. The summed E-state index contributed by atoms with van der Waals surface area (Å²) in [5.41, 5.74) is 2.39. The van der Waals surface area contributed by atoms with Gasteiger partial charge in [-0.15, -0.1) is 0 Å². The molecule has 0 aliphatic carbocycles. The number of fused-ring (bicyclic) bond motifs is 1. The number of hydrogen-bond acceptors (Lipinski definition) is 3. The van der Waals surface area contributed by atoms with Gasteiger partial charge in [0.2, 0.25) is 0 Å². The number of carbonyl (C=O) groups excluding carboxylic acids is 1. The highest BCUT2D eigenvalue weighted by molar-refractivity contribution is 6.31. The van der Waals surface area contributed by atoms with Crippen LogP contribution in [0.3, 0.4) is 0 Å². The molecule has 20 heavy (non-hydrogen) atoms. The van der Waals surface area contributed by atoms with Gasteiger partial charge in [-0.05, 0) is 23.8 Å². The number of hydrogen-bond donors (Lipinski definition) is 2. The second-order valence-electron chi connectivity index (χ2n) is 4.54. The molecule has 0 aromatic heterocycles. The molecule has 0 unspecified atom stereocenters. The Balaban J connectivity index is 1.70. The van der Waals surface area contributed by atoms with E-state index in [0.29, 0.717) is 23.9 Å². The third-order valence-corrected chi connectivity index (χ3v) is 3.62. The Bertz CT molecular complexity index is 634. The minimum atomic E-state index is -0.123. The van der Waals surface area contributed by atoms with Gasteiger partial charge in [0.1, 0.15) is 5.70 Å². The summed E-state index contributed by atoms with van der Waals surface area (Å²) in [6.45, 7) is 1.03. The van der Waals surface area contributed by atoms with Crippen LogP contribution in [-0.4, -0.2) is 17.5 Å². The third-order valence-electron chi connectivity index (χ3n) is 3.25. The van der Waals surface area contributed by atoms with Crippen LogP contribution in [0.4, 0.5) is 0 Å². The fourth-order valence-corrected chi connectivity index (χ4v) is 2.40. The average Bonchev–Trinajstić information content (AvgIpc) is 2.90. The maximum absolute atomic E-state index is 12.2. The molecule has 0 saturated heterocycles. The van der Waals surface area contributed by atoms with Crippen LogP contribution < -0.4 is 10.6 Å². The summed E-state index contributed by atoms with van der Waals surface area (Å²) in [6, 6.07) is 7.49. The topological polar surface area (TPSA) is 44.4 Å². The van der Waals surface area contributed by atoms with Crippen LogP contribution in [-0.2, 0) is 11.3 Å². The summed E-state index contributed by atoms with van der Waals surface area (Å²) in [5.74, 6) is -0.123. The van der Waals surface area contributed by atoms with E-state index in [1.165, 1.54) is 0 Å². The lowest BCUT2D eigenvalue weighted by atomic mass is 10.2. The zero-order valence-corrected chi connectivity index (χ0v) is 11.5. The highest BCUT2D eigenvalue weighted by atomic mass is 35.5. The first kappa shape index (κ1) is 12.8. The number of rotatable bonds is 3. The highest BCUT2D eigenvalue weighted by Crippen LogP contribution is 2.20. The zero-order valence-electron chi connectivity index (χ0n) is 10.8. The van der Waals surface area contributed by atoms with Gasteiger partial charge in [0.15, 0.2) is 0 Å². The largest absolute Gasteiger partial charge is 0.361 e. The van der Waals surface area contributed by atoms with Gasteiger partial charge >= 0.3 is 0 Å². The summed E-state index contributed by atoms with van der Waals surface area (Å²) >= 11 is 6.07. The number of nitrogens with zero attached hydrogens (tertiary/aromatic N) is 1. The molecule has 1 amide bonds. The van der Waals surface area contributed by atoms with Crippen molar-refractivity contribution in [1.82, 2.24) is 15.5 Å². The lowest BCUT2D eigenvalue weighted by molar-refractivity contribution is -0.118.